The van der Waals surface area contributed by atoms with Gasteiger partial charge in [0, 0.05) is 31.8 Å². The van der Waals surface area contributed by atoms with Crippen LogP contribution in [-0.4, -0.2) is 43.2 Å². The second kappa shape index (κ2) is 3.86. The van der Waals surface area contributed by atoms with Gasteiger partial charge >= 0.3 is 5.97 Å². The molecule has 1 aliphatic rings. The molecule has 6 heteroatoms. The van der Waals surface area contributed by atoms with Gasteiger partial charge in [-0.05, 0) is 0 Å². The highest BCUT2D eigenvalue weighted by Gasteiger charge is 2.50. The second-order valence-electron chi connectivity index (χ2n) is 3.32. The Morgan fingerprint density at radius 2 is 1.93 bits per heavy atom. The predicted octanol–water partition coefficient (Wildman–Crippen LogP) is 0.0549. The number of carboxylic acids is 1. The van der Waals surface area contributed by atoms with Crippen LogP contribution in [0.15, 0.2) is 0 Å². The maximum atomic E-state index is 11.7. The smallest absolute Gasteiger partial charge is 0.325 e. The Kier molecular flexibility index (Phi) is 3.16. The van der Waals surface area contributed by atoms with Crippen LogP contribution in [0.4, 0.5) is 0 Å². The average Bonchev–Trinajstić information content (AvgIpc) is 2.18. The molecule has 1 aliphatic heterocycles. The van der Waals surface area contributed by atoms with E-state index >= 15 is 0 Å². The van der Waals surface area contributed by atoms with E-state index in [0.29, 0.717) is 0 Å². The van der Waals surface area contributed by atoms with Crippen LogP contribution in [0.3, 0.4) is 0 Å². The average molecular weight is 222 g/mol. The Labute approximate surface area is 83.0 Å². The van der Waals surface area contributed by atoms with Gasteiger partial charge in [0.25, 0.3) is 0 Å². The topological polar surface area (TPSA) is 80.7 Å². The van der Waals surface area contributed by atoms with Crippen LogP contribution in [0.25, 0.3) is 0 Å². The molecule has 0 aromatic carbocycles. The molecule has 1 N–H and O–H groups in total. The fourth-order valence-electron chi connectivity index (χ4n) is 1.64. The lowest BCUT2D eigenvalue weighted by atomic mass is 9.99. The minimum atomic E-state index is -3.56. The highest BCUT2D eigenvalue weighted by Crippen LogP contribution is 2.30. The number of carboxylic acid groups (broad SMARTS) is 1. The first-order valence-electron chi connectivity index (χ1n) is 4.50. The third-order valence-corrected chi connectivity index (χ3v) is 5.20. The molecule has 1 fully saturated rings. The lowest BCUT2D eigenvalue weighted by Gasteiger charge is -2.32. The van der Waals surface area contributed by atoms with Crippen LogP contribution in [-0.2, 0) is 19.4 Å². The van der Waals surface area contributed by atoms with Crippen molar-refractivity contribution in [2.24, 2.45) is 0 Å². The number of hydrogen-bond acceptors (Lipinski definition) is 4. The van der Waals surface area contributed by atoms with Gasteiger partial charge < -0.3 is 9.84 Å². The summed E-state index contributed by atoms with van der Waals surface area (Å²) in [6, 6.07) is 0. The van der Waals surface area contributed by atoms with Gasteiger partial charge in [-0.1, -0.05) is 6.92 Å². The molecular formula is C8H14O5S. The monoisotopic (exact) mass is 222 g/mol. The van der Waals surface area contributed by atoms with Gasteiger partial charge in [-0.3, -0.25) is 4.79 Å². The Balaban J connectivity index is 3.10. The number of carbonyl (C=O) groups is 1. The molecule has 14 heavy (non-hydrogen) atoms. The van der Waals surface area contributed by atoms with Gasteiger partial charge in [0.1, 0.15) is 0 Å². The fraction of sp³-hybridized carbons (Fsp3) is 0.875. The largest absolute Gasteiger partial charge is 0.480 e. The molecule has 0 atom stereocenters. The first kappa shape index (κ1) is 11.5. The van der Waals surface area contributed by atoms with Crippen LogP contribution in [0.1, 0.15) is 19.8 Å². The molecule has 1 rings (SSSR count). The molecule has 0 aliphatic carbocycles. The molecule has 0 unspecified atom stereocenters. The van der Waals surface area contributed by atoms with Crippen molar-refractivity contribution in [1.82, 2.24) is 0 Å². The van der Waals surface area contributed by atoms with Crippen molar-refractivity contribution in [3.63, 3.8) is 0 Å². The molecule has 0 amide bonds. The van der Waals surface area contributed by atoms with E-state index in [0.717, 1.165) is 0 Å². The molecule has 0 bridgehead atoms. The Morgan fingerprint density at radius 1 is 1.43 bits per heavy atom. The maximum absolute atomic E-state index is 11.7. The highest BCUT2D eigenvalue weighted by molar-refractivity contribution is 7.93. The number of hydrogen-bond donors (Lipinski definition) is 1. The Morgan fingerprint density at radius 3 is 2.29 bits per heavy atom. The molecule has 0 spiro atoms. The zero-order valence-corrected chi connectivity index (χ0v) is 8.84. The molecule has 1 saturated heterocycles. The van der Waals surface area contributed by atoms with Crippen LogP contribution < -0.4 is 0 Å². The third-order valence-electron chi connectivity index (χ3n) is 2.67. The number of rotatable bonds is 3. The van der Waals surface area contributed by atoms with Gasteiger partial charge in [0.05, 0.1) is 0 Å². The normalized spacial score (nSPS) is 21.8. The first-order valence-corrected chi connectivity index (χ1v) is 6.15. The number of sulfone groups is 1. The van der Waals surface area contributed by atoms with E-state index in [2.05, 4.69) is 0 Å². The first-order chi connectivity index (χ1) is 6.46. The van der Waals surface area contributed by atoms with Crippen molar-refractivity contribution in [3.05, 3.63) is 0 Å². The maximum Gasteiger partial charge on any atom is 0.325 e. The molecule has 82 valence electrons. The van der Waals surface area contributed by atoms with E-state index in [4.69, 9.17) is 9.84 Å². The zero-order valence-electron chi connectivity index (χ0n) is 8.02. The van der Waals surface area contributed by atoms with Crippen LogP contribution in [0, 0.1) is 0 Å². The molecular weight excluding hydrogens is 208 g/mol. The quantitative estimate of drug-likeness (QED) is 0.730. The summed E-state index contributed by atoms with van der Waals surface area (Å²) in [5.41, 5.74) is 0. The number of ether oxygens (including phenoxy) is 1. The van der Waals surface area contributed by atoms with E-state index in [9.17, 15) is 13.2 Å². The van der Waals surface area contributed by atoms with Gasteiger partial charge in [-0.25, -0.2) is 8.42 Å². The van der Waals surface area contributed by atoms with Gasteiger partial charge in [0.15, 0.2) is 14.6 Å². The molecule has 1 heterocycles. The van der Waals surface area contributed by atoms with Gasteiger partial charge in [-0.2, -0.15) is 0 Å². The minimum Gasteiger partial charge on any atom is -0.480 e. The summed E-state index contributed by atoms with van der Waals surface area (Å²) >= 11 is 0. The van der Waals surface area contributed by atoms with Crippen molar-refractivity contribution in [2.75, 3.05) is 19.0 Å². The molecule has 0 saturated carbocycles. The molecule has 0 radical (unpaired) electrons. The second-order valence-corrected chi connectivity index (χ2v) is 5.90. The van der Waals surface area contributed by atoms with E-state index < -0.39 is 20.6 Å². The summed E-state index contributed by atoms with van der Waals surface area (Å²) < 4.78 is 26.7. The Bertz CT molecular complexity index is 313. The zero-order chi connectivity index (χ0) is 10.8. The SMILES string of the molecule is CCS(=O)(=O)C1(C(=O)O)CCOCC1. The molecule has 0 aromatic rings. The summed E-state index contributed by atoms with van der Waals surface area (Å²) in [5.74, 6) is -1.39. The summed E-state index contributed by atoms with van der Waals surface area (Å²) in [4.78, 5) is 11.0. The lowest BCUT2D eigenvalue weighted by molar-refractivity contribution is -0.142. The van der Waals surface area contributed by atoms with Crippen molar-refractivity contribution < 1.29 is 23.1 Å². The fourth-order valence-corrected chi connectivity index (χ4v) is 3.24. The van der Waals surface area contributed by atoms with E-state index in [1.807, 2.05) is 0 Å². The summed E-state index contributed by atoms with van der Waals surface area (Å²) in [7, 11) is -3.56. The lowest BCUT2D eigenvalue weighted by Crippen LogP contribution is -2.51. The summed E-state index contributed by atoms with van der Waals surface area (Å²) in [6.07, 6.45) is 0.108. The van der Waals surface area contributed by atoms with Crippen molar-refractivity contribution in [1.29, 1.82) is 0 Å². The summed E-state index contributed by atoms with van der Waals surface area (Å²) in [6.45, 7) is 1.87. The van der Waals surface area contributed by atoms with Gasteiger partial charge in [0.2, 0.25) is 0 Å². The van der Waals surface area contributed by atoms with Crippen LogP contribution in [0.5, 0.6) is 0 Å². The van der Waals surface area contributed by atoms with Crippen molar-refractivity contribution >= 4 is 15.8 Å². The standard InChI is InChI=1S/C8H14O5S/c1-2-14(11,12)8(7(9)10)3-5-13-6-4-8/h2-6H2,1H3,(H,9,10). The van der Waals surface area contributed by atoms with Crippen LogP contribution >= 0.6 is 0 Å². The van der Waals surface area contributed by atoms with Crippen molar-refractivity contribution in [2.45, 2.75) is 24.5 Å². The van der Waals surface area contributed by atoms with Crippen molar-refractivity contribution in [3.8, 4) is 0 Å². The summed E-state index contributed by atoms with van der Waals surface area (Å²) in [5, 5.41) is 9.02. The van der Waals surface area contributed by atoms with Gasteiger partial charge in [-0.15, -0.1) is 0 Å². The minimum absolute atomic E-state index is 0.0541. The Hall–Kier alpha value is -0.620. The predicted molar refractivity (Wildman–Crippen MR) is 49.9 cm³/mol. The van der Waals surface area contributed by atoms with E-state index in [1.54, 1.807) is 0 Å². The molecule has 0 aromatic heterocycles. The number of aliphatic carboxylic acids is 1. The van der Waals surface area contributed by atoms with Crippen LogP contribution in [0.2, 0.25) is 0 Å². The third kappa shape index (κ3) is 1.64. The highest BCUT2D eigenvalue weighted by atomic mass is 32.2. The van der Waals surface area contributed by atoms with E-state index in [1.165, 1.54) is 6.92 Å². The van der Waals surface area contributed by atoms with E-state index in [-0.39, 0.29) is 31.8 Å². The molecule has 5 nitrogen and oxygen atoms in total.